The highest BCUT2D eigenvalue weighted by Gasteiger charge is 2.28. The third-order valence-corrected chi connectivity index (χ3v) is 3.81. The van der Waals surface area contributed by atoms with Gasteiger partial charge in [0, 0.05) is 12.2 Å². The summed E-state index contributed by atoms with van der Waals surface area (Å²) >= 11 is 0. The van der Waals surface area contributed by atoms with E-state index in [1.807, 2.05) is 18.2 Å². The van der Waals surface area contributed by atoms with Gasteiger partial charge in [0.2, 0.25) is 5.91 Å². The van der Waals surface area contributed by atoms with E-state index in [-0.39, 0.29) is 24.7 Å². The van der Waals surface area contributed by atoms with Gasteiger partial charge in [-0.1, -0.05) is 12.1 Å². The second-order valence-electron chi connectivity index (χ2n) is 5.35. The lowest BCUT2D eigenvalue weighted by atomic mass is 10.2. The molecule has 1 aromatic carbocycles. The molecule has 2 aliphatic heterocycles. The van der Waals surface area contributed by atoms with Gasteiger partial charge >= 0.3 is 0 Å². The fourth-order valence-electron chi connectivity index (χ4n) is 2.84. The number of likely N-dealkylation sites (tertiary alicyclic amines) is 1. The Hall–Kier alpha value is -1.68. The molecule has 2 fully saturated rings. The first kappa shape index (κ1) is 12.4. The van der Waals surface area contributed by atoms with Crippen molar-refractivity contribution in [2.24, 2.45) is 0 Å². The number of hydrogen-bond donors (Lipinski definition) is 0. The fraction of sp³-hybridized carbons (Fsp3) is 0.467. The van der Waals surface area contributed by atoms with E-state index in [1.54, 1.807) is 4.90 Å². The lowest BCUT2D eigenvalue weighted by molar-refractivity contribution is -0.121. The number of Topliss-reactive ketones (excluding diaryl/α,β-unsaturated/α-hetero) is 1. The van der Waals surface area contributed by atoms with Gasteiger partial charge in [0.1, 0.15) is 0 Å². The molecule has 3 rings (SSSR count). The van der Waals surface area contributed by atoms with Crippen LogP contribution in [0.1, 0.15) is 24.8 Å². The molecule has 1 aromatic rings. The van der Waals surface area contributed by atoms with Crippen molar-refractivity contribution in [1.29, 1.82) is 0 Å². The summed E-state index contributed by atoms with van der Waals surface area (Å²) in [7, 11) is 0. The molecule has 19 heavy (non-hydrogen) atoms. The summed E-state index contributed by atoms with van der Waals surface area (Å²) in [5, 5.41) is 0. The third kappa shape index (κ3) is 2.68. The number of carbonyl (C=O) groups excluding carboxylic acids is 2. The van der Waals surface area contributed by atoms with Crippen molar-refractivity contribution in [2.45, 2.75) is 25.8 Å². The Morgan fingerprint density at radius 1 is 1.11 bits per heavy atom. The van der Waals surface area contributed by atoms with Crippen LogP contribution in [0.15, 0.2) is 24.3 Å². The molecule has 2 aliphatic rings. The third-order valence-electron chi connectivity index (χ3n) is 3.81. The zero-order chi connectivity index (χ0) is 13.2. The Labute approximate surface area is 113 Å². The average Bonchev–Trinajstić information content (AvgIpc) is 2.99. The topological polar surface area (TPSA) is 40.6 Å². The van der Waals surface area contributed by atoms with Crippen LogP contribution < -0.4 is 4.90 Å². The van der Waals surface area contributed by atoms with Gasteiger partial charge < -0.3 is 4.90 Å². The molecule has 0 atom stereocenters. The largest absolute Gasteiger partial charge is 0.305 e. The van der Waals surface area contributed by atoms with E-state index in [0.29, 0.717) is 0 Å². The molecular weight excluding hydrogens is 240 g/mol. The molecule has 0 spiro atoms. The van der Waals surface area contributed by atoms with E-state index in [4.69, 9.17) is 0 Å². The fourth-order valence-corrected chi connectivity index (χ4v) is 2.84. The number of nitrogens with zero attached hydrogens (tertiary/aromatic N) is 2. The van der Waals surface area contributed by atoms with Crippen LogP contribution in [0, 0.1) is 0 Å². The number of ketones is 1. The summed E-state index contributed by atoms with van der Waals surface area (Å²) in [5.41, 5.74) is 2.07. The first-order chi connectivity index (χ1) is 9.22. The molecule has 0 aliphatic carbocycles. The lowest BCUT2D eigenvalue weighted by Crippen LogP contribution is -2.25. The number of amides is 1. The second kappa shape index (κ2) is 5.13. The Bertz CT molecular complexity index is 507. The molecule has 0 aromatic heterocycles. The van der Waals surface area contributed by atoms with Gasteiger partial charge in [0.05, 0.1) is 13.0 Å². The number of anilines is 1. The zero-order valence-corrected chi connectivity index (χ0v) is 11.0. The molecule has 0 radical (unpaired) electrons. The predicted octanol–water partition coefficient (Wildman–Crippen LogP) is 1.59. The molecule has 0 unspecified atom stereocenters. The van der Waals surface area contributed by atoms with Crippen LogP contribution in [-0.4, -0.2) is 36.2 Å². The van der Waals surface area contributed by atoms with Crippen LogP contribution in [0.3, 0.4) is 0 Å². The number of rotatable bonds is 3. The van der Waals surface area contributed by atoms with E-state index in [0.717, 1.165) is 25.3 Å². The maximum atomic E-state index is 11.7. The highest BCUT2D eigenvalue weighted by Crippen LogP contribution is 2.22. The standard InChI is InChI=1S/C15H18N2O2/c18-14-9-15(19)17(11-14)13-5-3-4-12(8-13)10-16-6-1-2-7-16/h3-5,8H,1-2,6-7,9-11H2. The zero-order valence-electron chi connectivity index (χ0n) is 11.0. The van der Waals surface area contributed by atoms with Crippen molar-refractivity contribution in [3.8, 4) is 0 Å². The SMILES string of the molecule is O=C1CC(=O)N(c2cccc(CN3CCCC3)c2)C1. The highest BCUT2D eigenvalue weighted by atomic mass is 16.2. The number of hydrogen-bond acceptors (Lipinski definition) is 3. The minimum Gasteiger partial charge on any atom is -0.305 e. The predicted molar refractivity (Wildman–Crippen MR) is 72.9 cm³/mol. The number of carbonyl (C=O) groups is 2. The van der Waals surface area contributed by atoms with Gasteiger partial charge in [-0.3, -0.25) is 14.5 Å². The van der Waals surface area contributed by atoms with E-state index >= 15 is 0 Å². The van der Waals surface area contributed by atoms with Gasteiger partial charge in [-0.05, 0) is 43.6 Å². The first-order valence-corrected chi connectivity index (χ1v) is 6.86. The molecule has 100 valence electrons. The van der Waals surface area contributed by atoms with Crippen molar-refractivity contribution in [3.63, 3.8) is 0 Å². The van der Waals surface area contributed by atoms with Gasteiger partial charge in [-0.2, -0.15) is 0 Å². The van der Waals surface area contributed by atoms with Crippen LogP contribution in [0.5, 0.6) is 0 Å². The molecule has 0 saturated carbocycles. The van der Waals surface area contributed by atoms with E-state index in [2.05, 4.69) is 11.0 Å². The van der Waals surface area contributed by atoms with Crippen LogP contribution in [0.4, 0.5) is 5.69 Å². The quantitative estimate of drug-likeness (QED) is 0.773. The van der Waals surface area contributed by atoms with Crippen LogP contribution in [-0.2, 0) is 16.1 Å². The molecule has 4 nitrogen and oxygen atoms in total. The molecule has 4 heteroatoms. The Kier molecular flexibility index (Phi) is 3.34. The van der Waals surface area contributed by atoms with Crippen molar-refractivity contribution < 1.29 is 9.59 Å². The number of benzene rings is 1. The summed E-state index contributed by atoms with van der Waals surface area (Å²) in [4.78, 5) is 27.1. The van der Waals surface area contributed by atoms with E-state index < -0.39 is 0 Å². The summed E-state index contributed by atoms with van der Waals surface area (Å²) < 4.78 is 0. The van der Waals surface area contributed by atoms with Gasteiger partial charge in [0.15, 0.2) is 5.78 Å². The highest BCUT2D eigenvalue weighted by molar-refractivity contribution is 6.15. The summed E-state index contributed by atoms with van der Waals surface area (Å²) in [6.07, 6.45) is 2.61. The Morgan fingerprint density at radius 3 is 2.58 bits per heavy atom. The minimum atomic E-state index is -0.0803. The molecule has 0 bridgehead atoms. The van der Waals surface area contributed by atoms with Crippen LogP contribution in [0.2, 0.25) is 0 Å². The monoisotopic (exact) mass is 258 g/mol. The van der Waals surface area contributed by atoms with E-state index in [9.17, 15) is 9.59 Å². The minimum absolute atomic E-state index is 0.00921. The Morgan fingerprint density at radius 2 is 1.89 bits per heavy atom. The summed E-state index contributed by atoms with van der Waals surface area (Å²) in [5.74, 6) is -0.0710. The van der Waals surface area contributed by atoms with Crippen LogP contribution >= 0.6 is 0 Å². The van der Waals surface area contributed by atoms with Crippen LogP contribution in [0.25, 0.3) is 0 Å². The molecule has 1 amide bonds. The molecule has 0 N–H and O–H groups in total. The van der Waals surface area contributed by atoms with Crippen molar-refractivity contribution in [3.05, 3.63) is 29.8 Å². The maximum absolute atomic E-state index is 11.7. The normalized spacial score (nSPS) is 20.5. The maximum Gasteiger partial charge on any atom is 0.234 e. The Balaban J connectivity index is 1.75. The van der Waals surface area contributed by atoms with Crippen molar-refractivity contribution >= 4 is 17.4 Å². The first-order valence-electron chi connectivity index (χ1n) is 6.86. The summed E-state index contributed by atoms with van der Waals surface area (Å²) in [6, 6.07) is 8.00. The lowest BCUT2D eigenvalue weighted by Gasteiger charge is -2.18. The molecule has 2 saturated heterocycles. The van der Waals surface area contributed by atoms with Crippen molar-refractivity contribution in [2.75, 3.05) is 24.5 Å². The van der Waals surface area contributed by atoms with E-state index in [1.165, 1.54) is 18.4 Å². The second-order valence-corrected chi connectivity index (χ2v) is 5.35. The average molecular weight is 258 g/mol. The smallest absolute Gasteiger partial charge is 0.234 e. The van der Waals surface area contributed by atoms with Gasteiger partial charge in [-0.25, -0.2) is 0 Å². The van der Waals surface area contributed by atoms with Crippen molar-refractivity contribution in [1.82, 2.24) is 4.90 Å². The molecule has 2 heterocycles. The molecular formula is C15H18N2O2. The van der Waals surface area contributed by atoms with Gasteiger partial charge in [0.25, 0.3) is 0 Å². The van der Waals surface area contributed by atoms with Gasteiger partial charge in [-0.15, -0.1) is 0 Å². The summed E-state index contributed by atoms with van der Waals surface area (Å²) in [6.45, 7) is 3.48.